The Balaban J connectivity index is 1.44. The van der Waals surface area contributed by atoms with Crippen LogP contribution in [0, 0.1) is 11.3 Å². The van der Waals surface area contributed by atoms with Gasteiger partial charge in [0, 0.05) is 24.8 Å². The van der Waals surface area contributed by atoms with Gasteiger partial charge in [0.25, 0.3) is 11.8 Å². The molecule has 1 unspecified atom stereocenters. The third-order valence-electron chi connectivity index (χ3n) is 5.98. The normalized spacial score (nSPS) is 18.2. The molecule has 1 fully saturated rings. The van der Waals surface area contributed by atoms with E-state index in [4.69, 9.17) is 5.26 Å². The summed E-state index contributed by atoms with van der Waals surface area (Å²) >= 11 is 0. The lowest BCUT2D eigenvalue weighted by Gasteiger charge is -2.41. The van der Waals surface area contributed by atoms with Crippen molar-refractivity contribution in [3.63, 3.8) is 0 Å². The molecule has 2 aromatic rings. The van der Waals surface area contributed by atoms with Gasteiger partial charge in [-0.1, -0.05) is 31.5 Å². The predicted molar refractivity (Wildman–Crippen MR) is 115 cm³/mol. The number of hydrogen-bond acceptors (Lipinski definition) is 5. The van der Waals surface area contributed by atoms with Crippen molar-refractivity contribution in [1.29, 1.82) is 5.26 Å². The second-order valence-corrected chi connectivity index (χ2v) is 7.94. The summed E-state index contributed by atoms with van der Waals surface area (Å²) in [6, 6.07) is 17.1. The van der Waals surface area contributed by atoms with E-state index in [-0.39, 0.29) is 18.0 Å². The van der Waals surface area contributed by atoms with Crippen molar-refractivity contribution < 1.29 is 9.59 Å². The predicted octanol–water partition coefficient (Wildman–Crippen LogP) is 3.86. The van der Waals surface area contributed by atoms with Crippen LogP contribution in [0.5, 0.6) is 0 Å². The van der Waals surface area contributed by atoms with E-state index in [1.807, 2.05) is 18.2 Å². The highest BCUT2D eigenvalue weighted by atomic mass is 16.2. The van der Waals surface area contributed by atoms with Gasteiger partial charge in [-0.15, -0.1) is 0 Å². The van der Waals surface area contributed by atoms with Gasteiger partial charge in [-0.2, -0.15) is 5.26 Å². The Bertz CT molecular complexity index is 954. The molecule has 4 rings (SSSR count). The standard InChI is InChI=1S/C24H26N4O2/c1-2-6-22(28-23(29)20-9-3-4-10-21(20)24(28)30)27-13-11-18(12-14-27)26-19-8-5-7-17(15-19)16-25/h3-5,7-10,15,18,22,26H,2,6,11-14H2,1H3. The fraction of sp³-hybridized carbons (Fsp3) is 0.375. The molecule has 0 aliphatic carbocycles. The van der Waals surface area contributed by atoms with Crippen LogP contribution in [-0.4, -0.2) is 46.9 Å². The van der Waals surface area contributed by atoms with E-state index < -0.39 is 0 Å². The minimum absolute atomic E-state index is 0.178. The molecule has 0 bridgehead atoms. The number of imide groups is 1. The van der Waals surface area contributed by atoms with Crippen LogP contribution >= 0.6 is 0 Å². The SMILES string of the molecule is CCCC(N1CCC(Nc2cccc(C#N)c2)CC1)N1C(=O)c2ccccc2C1=O. The lowest BCUT2D eigenvalue weighted by Crippen LogP contribution is -2.54. The summed E-state index contributed by atoms with van der Waals surface area (Å²) in [5.41, 5.74) is 2.62. The molecule has 154 valence electrons. The van der Waals surface area contributed by atoms with E-state index in [9.17, 15) is 9.59 Å². The van der Waals surface area contributed by atoms with Gasteiger partial charge >= 0.3 is 0 Å². The van der Waals surface area contributed by atoms with Crippen LogP contribution in [0.1, 0.15) is 58.9 Å². The summed E-state index contributed by atoms with van der Waals surface area (Å²) in [7, 11) is 0. The third kappa shape index (κ3) is 3.81. The van der Waals surface area contributed by atoms with E-state index in [1.54, 1.807) is 30.3 Å². The molecule has 1 atom stereocenters. The average Bonchev–Trinajstić information content (AvgIpc) is 3.03. The molecule has 2 aliphatic rings. The summed E-state index contributed by atoms with van der Waals surface area (Å²) in [6.07, 6.45) is 3.30. The third-order valence-corrected chi connectivity index (χ3v) is 5.98. The Morgan fingerprint density at radius 2 is 1.73 bits per heavy atom. The zero-order valence-corrected chi connectivity index (χ0v) is 17.2. The molecule has 2 aliphatic heterocycles. The molecular weight excluding hydrogens is 376 g/mol. The maximum Gasteiger partial charge on any atom is 0.262 e. The Labute approximate surface area is 177 Å². The average molecular weight is 402 g/mol. The maximum atomic E-state index is 13.0. The van der Waals surface area contributed by atoms with Gasteiger partial charge in [-0.25, -0.2) is 0 Å². The Kier molecular flexibility index (Phi) is 5.82. The second-order valence-electron chi connectivity index (χ2n) is 7.94. The number of nitriles is 1. The van der Waals surface area contributed by atoms with Gasteiger partial charge in [0.05, 0.1) is 28.9 Å². The number of piperidine rings is 1. The van der Waals surface area contributed by atoms with Crippen LogP contribution in [-0.2, 0) is 0 Å². The van der Waals surface area contributed by atoms with Crippen molar-refractivity contribution in [1.82, 2.24) is 9.80 Å². The molecule has 1 N–H and O–H groups in total. The zero-order chi connectivity index (χ0) is 21.1. The zero-order valence-electron chi connectivity index (χ0n) is 17.2. The number of fused-ring (bicyclic) bond motifs is 1. The number of carbonyl (C=O) groups excluding carboxylic acids is 2. The van der Waals surface area contributed by atoms with Gasteiger partial charge in [-0.05, 0) is 49.6 Å². The number of nitrogens with zero attached hydrogens (tertiary/aromatic N) is 3. The fourth-order valence-corrected chi connectivity index (χ4v) is 4.47. The van der Waals surface area contributed by atoms with Crippen molar-refractivity contribution in [2.24, 2.45) is 0 Å². The first-order valence-electron chi connectivity index (χ1n) is 10.6. The number of rotatable bonds is 6. The van der Waals surface area contributed by atoms with Crippen LogP contribution in [0.15, 0.2) is 48.5 Å². The van der Waals surface area contributed by atoms with Crippen molar-refractivity contribution >= 4 is 17.5 Å². The second kappa shape index (κ2) is 8.68. The first-order chi connectivity index (χ1) is 14.6. The smallest absolute Gasteiger partial charge is 0.262 e. The summed E-state index contributed by atoms with van der Waals surface area (Å²) in [6.45, 7) is 3.71. The summed E-state index contributed by atoms with van der Waals surface area (Å²) < 4.78 is 0. The first kappa shape index (κ1) is 20.1. The van der Waals surface area contributed by atoms with E-state index >= 15 is 0 Å². The Hall–Kier alpha value is -3.17. The molecule has 0 radical (unpaired) electrons. The van der Waals surface area contributed by atoms with Crippen LogP contribution in [0.4, 0.5) is 5.69 Å². The van der Waals surface area contributed by atoms with Gasteiger partial charge in [0.1, 0.15) is 0 Å². The number of carbonyl (C=O) groups is 2. The summed E-state index contributed by atoms with van der Waals surface area (Å²) in [5, 5.41) is 12.6. The number of anilines is 1. The van der Waals surface area contributed by atoms with Gasteiger partial charge in [0.15, 0.2) is 0 Å². The molecule has 1 saturated heterocycles. The molecule has 30 heavy (non-hydrogen) atoms. The number of benzene rings is 2. The van der Waals surface area contributed by atoms with Crippen molar-refractivity contribution in [2.75, 3.05) is 18.4 Å². The molecule has 2 heterocycles. The molecule has 0 spiro atoms. The lowest BCUT2D eigenvalue weighted by molar-refractivity contribution is 0.0214. The van der Waals surface area contributed by atoms with Gasteiger partial charge < -0.3 is 5.32 Å². The number of hydrogen-bond donors (Lipinski definition) is 1. The Morgan fingerprint density at radius 1 is 1.07 bits per heavy atom. The number of nitrogens with one attached hydrogen (secondary N) is 1. The monoisotopic (exact) mass is 402 g/mol. The van der Waals surface area contributed by atoms with Gasteiger partial charge in [0.2, 0.25) is 0 Å². The molecule has 0 saturated carbocycles. The topological polar surface area (TPSA) is 76.4 Å². The van der Waals surface area contributed by atoms with Gasteiger partial charge in [-0.3, -0.25) is 19.4 Å². The van der Waals surface area contributed by atoms with Crippen molar-refractivity contribution in [3.8, 4) is 6.07 Å². The lowest BCUT2D eigenvalue weighted by atomic mass is 10.0. The van der Waals surface area contributed by atoms with E-state index in [1.165, 1.54) is 4.90 Å². The van der Waals surface area contributed by atoms with Crippen molar-refractivity contribution in [3.05, 3.63) is 65.2 Å². The van der Waals surface area contributed by atoms with Crippen molar-refractivity contribution in [2.45, 2.75) is 44.8 Å². The fourth-order valence-electron chi connectivity index (χ4n) is 4.47. The highest BCUT2D eigenvalue weighted by Gasteiger charge is 2.42. The molecule has 0 aromatic heterocycles. The first-order valence-corrected chi connectivity index (χ1v) is 10.6. The van der Waals surface area contributed by atoms with Crippen LogP contribution < -0.4 is 5.32 Å². The van der Waals surface area contributed by atoms with Crippen LogP contribution in [0.3, 0.4) is 0 Å². The quantitative estimate of drug-likeness (QED) is 0.743. The van der Waals surface area contributed by atoms with E-state index in [0.717, 1.165) is 44.5 Å². The number of amides is 2. The summed E-state index contributed by atoms with van der Waals surface area (Å²) in [4.78, 5) is 29.7. The maximum absolute atomic E-state index is 13.0. The molecule has 2 aromatic carbocycles. The Morgan fingerprint density at radius 3 is 2.33 bits per heavy atom. The largest absolute Gasteiger partial charge is 0.382 e. The highest BCUT2D eigenvalue weighted by Crippen LogP contribution is 2.29. The van der Waals surface area contributed by atoms with E-state index in [0.29, 0.717) is 22.7 Å². The molecular formula is C24H26N4O2. The highest BCUT2D eigenvalue weighted by molar-refractivity contribution is 6.21. The van der Waals surface area contributed by atoms with Crippen LogP contribution in [0.25, 0.3) is 0 Å². The molecule has 2 amide bonds. The van der Waals surface area contributed by atoms with Crippen LogP contribution in [0.2, 0.25) is 0 Å². The number of likely N-dealkylation sites (tertiary alicyclic amines) is 1. The molecule has 6 heteroatoms. The minimum atomic E-state index is -0.203. The van der Waals surface area contributed by atoms with E-state index in [2.05, 4.69) is 23.2 Å². The minimum Gasteiger partial charge on any atom is -0.382 e. The summed E-state index contributed by atoms with van der Waals surface area (Å²) in [5.74, 6) is -0.356. The molecule has 6 nitrogen and oxygen atoms in total.